The van der Waals surface area contributed by atoms with Crippen LogP contribution in [0.2, 0.25) is 0 Å². The molecule has 1 atom stereocenters. The molecule has 6 heteroatoms. The van der Waals surface area contributed by atoms with Gasteiger partial charge in [-0.3, -0.25) is 9.69 Å². The maximum atomic E-state index is 13.0. The molecule has 1 fully saturated rings. The Labute approximate surface area is 185 Å². The van der Waals surface area contributed by atoms with Gasteiger partial charge in [0.15, 0.2) is 0 Å². The van der Waals surface area contributed by atoms with Gasteiger partial charge in [0.25, 0.3) is 0 Å². The third-order valence-corrected chi connectivity index (χ3v) is 5.53. The molecule has 2 amide bonds. The normalized spacial score (nSPS) is 15.9. The molecule has 1 N–H and O–H groups in total. The lowest BCUT2D eigenvalue weighted by molar-refractivity contribution is -0.120. The largest absolute Gasteiger partial charge is 0.449 e. The minimum Gasteiger partial charge on any atom is -0.449 e. The molecule has 166 valence electrons. The molecule has 0 spiro atoms. The number of hydrogen-bond acceptors (Lipinski definition) is 4. The Morgan fingerprint density at radius 3 is 2.39 bits per heavy atom. The van der Waals surface area contributed by atoms with Gasteiger partial charge in [-0.05, 0) is 30.9 Å². The maximum absolute atomic E-state index is 13.0. The van der Waals surface area contributed by atoms with Crippen molar-refractivity contribution in [2.45, 2.75) is 33.2 Å². The van der Waals surface area contributed by atoms with Crippen molar-refractivity contribution in [1.29, 1.82) is 0 Å². The van der Waals surface area contributed by atoms with E-state index in [1.807, 2.05) is 75.4 Å². The summed E-state index contributed by atoms with van der Waals surface area (Å²) in [6.45, 7) is 9.02. The molecule has 1 unspecified atom stereocenters. The molecule has 0 radical (unpaired) electrons. The zero-order valence-corrected chi connectivity index (χ0v) is 18.7. The van der Waals surface area contributed by atoms with Crippen molar-refractivity contribution in [2.24, 2.45) is 5.92 Å². The summed E-state index contributed by atoms with van der Waals surface area (Å²) in [4.78, 5) is 29.2. The molecule has 1 aliphatic heterocycles. The van der Waals surface area contributed by atoms with Crippen LogP contribution in [-0.4, -0.2) is 60.6 Å². The van der Waals surface area contributed by atoms with E-state index in [2.05, 4.69) is 10.2 Å². The third kappa shape index (κ3) is 6.31. The molecule has 3 rings (SSSR count). The van der Waals surface area contributed by atoms with Crippen molar-refractivity contribution >= 4 is 17.7 Å². The third-order valence-electron chi connectivity index (χ3n) is 5.53. The lowest BCUT2D eigenvalue weighted by atomic mass is 10.0. The van der Waals surface area contributed by atoms with E-state index in [1.165, 1.54) is 0 Å². The molecular weight excluding hydrogens is 390 g/mol. The van der Waals surface area contributed by atoms with E-state index in [9.17, 15) is 9.59 Å². The van der Waals surface area contributed by atoms with Crippen LogP contribution in [0.15, 0.2) is 54.6 Å². The van der Waals surface area contributed by atoms with Gasteiger partial charge in [0.1, 0.15) is 0 Å². The number of carbonyl (C=O) groups excluding carboxylic acids is 2. The topological polar surface area (TPSA) is 61.9 Å². The molecule has 1 heterocycles. The van der Waals surface area contributed by atoms with Crippen LogP contribution < -0.4 is 5.32 Å². The van der Waals surface area contributed by atoms with Gasteiger partial charge in [0, 0.05) is 37.4 Å². The van der Waals surface area contributed by atoms with Crippen molar-refractivity contribution in [2.75, 3.05) is 38.1 Å². The van der Waals surface area contributed by atoms with E-state index in [0.29, 0.717) is 32.2 Å². The van der Waals surface area contributed by atoms with E-state index in [-0.39, 0.29) is 18.0 Å². The van der Waals surface area contributed by atoms with Crippen molar-refractivity contribution < 1.29 is 14.3 Å². The molecule has 0 aromatic heterocycles. The summed E-state index contributed by atoms with van der Waals surface area (Å²) in [7, 11) is 0. The van der Waals surface area contributed by atoms with Gasteiger partial charge in [-0.15, -0.1) is 0 Å². The highest BCUT2D eigenvalue weighted by atomic mass is 16.6. The maximum Gasteiger partial charge on any atom is 0.409 e. The molecule has 0 bridgehead atoms. The second-order valence-corrected chi connectivity index (χ2v) is 8.42. The number of ether oxygens (including phenoxy) is 1. The quantitative estimate of drug-likeness (QED) is 0.744. The van der Waals surface area contributed by atoms with Crippen molar-refractivity contribution in [1.82, 2.24) is 9.80 Å². The fraction of sp³-hybridized carbons (Fsp3) is 0.440. The van der Waals surface area contributed by atoms with E-state index in [4.69, 9.17) is 4.74 Å². The lowest BCUT2D eigenvalue weighted by Crippen LogP contribution is -2.44. The summed E-state index contributed by atoms with van der Waals surface area (Å²) >= 11 is 0. The van der Waals surface area contributed by atoms with Crippen molar-refractivity contribution in [3.63, 3.8) is 0 Å². The lowest BCUT2D eigenvalue weighted by Gasteiger charge is -2.27. The van der Waals surface area contributed by atoms with Crippen LogP contribution in [0.4, 0.5) is 10.5 Å². The summed E-state index contributed by atoms with van der Waals surface area (Å²) in [6, 6.07) is 17.6. The first kappa shape index (κ1) is 22.8. The van der Waals surface area contributed by atoms with Crippen LogP contribution in [0.5, 0.6) is 0 Å². The second kappa shape index (κ2) is 11.0. The highest BCUT2D eigenvalue weighted by Gasteiger charge is 2.26. The minimum atomic E-state index is -0.296. The Morgan fingerprint density at radius 2 is 1.65 bits per heavy atom. The zero-order chi connectivity index (χ0) is 22.2. The number of benzene rings is 2. The Bertz CT molecular complexity index is 869. The van der Waals surface area contributed by atoms with Gasteiger partial charge in [0.05, 0.1) is 12.6 Å². The standard InChI is InChI=1S/C25H33N3O3/c1-19(2)18-31-25(30)28-15-9-14-27(16-17-28)20(3)24(29)26-23-13-8-7-12-22(23)21-10-5-4-6-11-21/h4-8,10-13,19-20H,9,14-18H2,1-3H3,(H,26,29). The number of amides is 2. The fourth-order valence-electron chi connectivity index (χ4n) is 3.70. The fourth-order valence-corrected chi connectivity index (χ4v) is 3.70. The summed E-state index contributed by atoms with van der Waals surface area (Å²) < 4.78 is 5.37. The summed E-state index contributed by atoms with van der Waals surface area (Å²) in [5.41, 5.74) is 2.87. The van der Waals surface area contributed by atoms with E-state index in [1.54, 1.807) is 4.90 Å². The summed E-state index contributed by atoms with van der Waals surface area (Å²) in [5.74, 6) is 0.272. The number of rotatable bonds is 6. The monoisotopic (exact) mass is 423 g/mol. The van der Waals surface area contributed by atoms with Gasteiger partial charge in [-0.1, -0.05) is 62.4 Å². The zero-order valence-electron chi connectivity index (χ0n) is 18.7. The van der Waals surface area contributed by atoms with Gasteiger partial charge < -0.3 is 15.0 Å². The molecule has 1 aliphatic rings. The van der Waals surface area contributed by atoms with Gasteiger partial charge in [0.2, 0.25) is 5.91 Å². The molecule has 2 aromatic carbocycles. The van der Waals surface area contributed by atoms with Crippen molar-refractivity contribution in [3.8, 4) is 11.1 Å². The highest BCUT2D eigenvalue weighted by molar-refractivity contribution is 5.98. The summed E-state index contributed by atoms with van der Waals surface area (Å²) in [6.07, 6.45) is 0.555. The first-order chi connectivity index (χ1) is 15.0. The van der Waals surface area contributed by atoms with Crippen LogP contribution in [0.1, 0.15) is 27.2 Å². The van der Waals surface area contributed by atoms with Gasteiger partial charge >= 0.3 is 6.09 Å². The molecule has 6 nitrogen and oxygen atoms in total. The predicted molar refractivity (Wildman–Crippen MR) is 124 cm³/mol. The Morgan fingerprint density at radius 1 is 0.935 bits per heavy atom. The summed E-state index contributed by atoms with van der Waals surface area (Å²) in [5, 5.41) is 3.11. The smallest absolute Gasteiger partial charge is 0.409 e. The molecule has 2 aromatic rings. The number of nitrogens with one attached hydrogen (secondary N) is 1. The van der Waals surface area contributed by atoms with Crippen LogP contribution in [0, 0.1) is 5.92 Å². The van der Waals surface area contributed by atoms with Crippen molar-refractivity contribution in [3.05, 3.63) is 54.6 Å². The van der Waals surface area contributed by atoms with Gasteiger partial charge in [-0.2, -0.15) is 0 Å². The second-order valence-electron chi connectivity index (χ2n) is 8.42. The first-order valence-corrected chi connectivity index (χ1v) is 11.1. The number of para-hydroxylation sites is 1. The number of carbonyl (C=O) groups is 2. The molecule has 31 heavy (non-hydrogen) atoms. The molecule has 0 aliphatic carbocycles. The van der Waals surface area contributed by atoms with E-state index < -0.39 is 0 Å². The Kier molecular flexibility index (Phi) is 8.06. The molecule has 0 saturated carbocycles. The average molecular weight is 424 g/mol. The highest BCUT2D eigenvalue weighted by Crippen LogP contribution is 2.27. The predicted octanol–water partition coefficient (Wildman–Crippen LogP) is 4.48. The Hall–Kier alpha value is -2.86. The number of anilines is 1. The van der Waals surface area contributed by atoms with Gasteiger partial charge in [-0.25, -0.2) is 4.79 Å². The number of nitrogens with zero attached hydrogens (tertiary/aromatic N) is 2. The first-order valence-electron chi connectivity index (χ1n) is 11.1. The number of hydrogen-bond donors (Lipinski definition) is 1. The van der Waals surface area contributed by atoms with E-state index >= 15 is 0 Å². The molecular formula is C25H33N3O3. The SMILES string of the molecule is CC(C)COC(=O)N1CCCN(C(C)C(=O)Nc2ccccc2-c2ccccc2)CC1. The van der Waals surface area contributed by atoms with Crippen LogP contribution in [-0.2, 0) is 9.53 Å². The Balaban J connectivity index is 1.61. The van der Waals surface area contributed by atoms with Crippen LogP contribution in [0.25, 0.3) is 11.1 Å². The van der Waals surface area contributed by atoms with E-state index in [0.717, 1.165) is 29.8 Å². The van der Waals surface area contributed by atoms with Crippen LogP contribution in [0.3, 0.4) is 0 Å². The van der Waals surface area contributed by atoms with Crippen LogP contribution >= 0.6 is 0 Å². The molecule has 1 saturated heterocycles. The minimum absolute atomic E-state index is 0.0424. The average Bonchev–Trinajstić information content (AvgIpc) is 3.04.